The van der Waals surface area contributed by atoms with E-state index in [1.54, 1.807) is 18.9 Å². The van der Waals surface area contributed by atoms with Gasteiger partial charge in [-0.2, -0.15) is 0 Å². The summed E-state index contributed by atoms with van der Waals surface area (Å²) in [5.74, 6) is 0.330. The minimum Gasteiger partial charge on any atom is -0.496 e. The van der Waals surface area contributed by atoms with Crippen LogP contribution in [0.25, 0.3) is 0 Å². The third kappa shape index (κ3) is 3.67. The standard InChI is InChI=1S/C15H20O4S/c1-19-12-4-2-3-5-13(12)20-10-15(18)8-6-11(7-9-15)14(16)17/h2-5,11,18H,6-10H2,1H3,(H,16,17). The monoisotopic (exact) mass is 296 g/mol. The van der Waals surface area contributed by atoms with Gasteiger partial charge in [-0.1, -0.05) is 12.1 Å². The van der Waals surface area contributed by atoms with E-state index in [1.165, 1.54) is 0 Å². The second-order valence-corrected chi connectivity index (χ2v) is 6.29. The number of para-hydroxylation sites is 1. The van der Waals surface area contributed by atoms with Crippen LogP contribution in [0.4, 0.5) is 0 Å². The third-order valence-corrected chi connectivity index (χ3v) is 5.16. The third-order valence-electron chi connectivity index (χ3n) is 3.83. The molecule has 2 rings (SSSR count). The summed E-state index contributed by atoms with van der Waals surface area (Å²) in [5.41, 5.74) is -0.766. The Morgan fingerprint density at radius 2 is 2.05 bits per heavy atom. The number of carboxylic acids is 1. The predicted octanol–water partition coefficient (Wildman–Crippen LogP) is 2.79. The van der Waals surface area contributed by atoms with Gasteiger partial charge in [-0.25, -0.2) is 0 Å². The number of carbonyl (C=O) groups is 1. The highest BCUT2D eigenvalue weighted by Crippen LogP contribution is 2.38. The lowest BCUT2D eigenvalue weighted by molar-refractivity contribution is -0.144. The molecule has 0 radical (unpaired) electrons. The molecule has 4 nitrogen and oxygen atoms in total. The molecule has 0 amide bonds. The summed E-state index contributed by atoms with van der Waals surface area (Å²) in [5, 5.41) is 19.5. The van der Waals surface area contributed by atoms with Crippen molar-refractivity contribution in [2.24, 2.45) is 5.92 Å². The molecule has 0 aromatic heterocycles. The normalized spacial score (nSPS) is 26.2. The van der Waals surface area contributed by atoms with Gasteiger partial charge in [0.05, 0.1) is 18.6 Å². The lowest BCUT2D eigenvalue weighted by atomic mass is 9.80. The quantitative estimate of drug-likeness (QED) is 0.818. The van der Waals surface area contributed by atoms with Crippen LogP contribution in [0.5, 0.6) is 5.75 Å². The van der Waals surface area contributed by atoms with Crippen LogP contribution >= 0.6 is 11.8 Å². The Labute approximate surface area is 123 Å². The van der Waals surface area contributed by atoms with Crippen LogP contribution in [0.15, 0.2) is 29.2 Å². The van der Waals surface area contributed by atoms with Gasteiger partial charge in [-0.3, -0.25) is 4.79 Å². The molecule has 5 heteroatoms. The van der Waals surface area contributed by atoms with E-state index in [4.69, 9.17) is 9.84 Å². The Hall–Kier alpha value is -1.20. The van der Waals surface area contributed by atoms with Crippen molar-refractivity contribution in [1.29, 1.82) is 0 Å². The van der Waals surface area contributed by atoms with E-state index in [-0.39, 0.29) is 5.92 Å². The van der Waals surface area contributed by atoms with Gasteiger partial charge in [0.15, 0.2) is 0 Å². The first kappa shape index (κ1) is 15.2. The molecule has 0 atom stereocenters. The van der Waals surface area contributed by atoms with Crippen molar-refractivity contribution in [2.45, 2.75) is 36.2 Å². The zero-order chi connectivity index (χ0) is 14.6. The van der Waals surface area contributed by atoms with Gasteiger partial charge in [0.2, 0.25) is 0 Å². The van der Waals surface area contributed by atoms with Gasteiger partial charge in [-0.05, 0) is 37.8 Å². The van der Waals surface area contributed by atoms with Crippen molar-refractivity contribution in [3.8, 4) is 5.75 Å². The molecular formula is C15H20O4S. The molecule has 1 saturated carbocycles. The fourth-order valence-electron chi connectivity index (χ4n) is 2.50. The van der Waals surface area contributed by atoms with Crippen molar-refractivity contribution in [1.82, 2.24) is 0 Å². The Kier molecular flexibility index (Phi) is 4.94. The number of rotatable bonds is 5. The number of hydrogen-bond donors (Lipinski definition) is 2. The van der Waals surface area contributed by atoms with E-state index < -0.39 is 11.6 Å². The molecule has 0 heterocycles. The highest BCUT2D eigenvalue weighted by atomic mass is 32.2. The van der Waals surface area contributed by atoms with Crippen molar-refractivity contribution >= 4 is 17.7 Å². The molecule has 0 bridgehead atoms. The lowest BCUT2D eigenvalue weighted by Crippen LogP contribution is -2.38. The molecule has 0 unspecified atom stereocenters. The van der Waals surface area contributed by atoms with Crippen LogP contribution in [0, 0.1) is 5.92 Å². The Morgan fingerprint density at radius 3 is 2.65 bits per heavy atom. The van der Waals surface area contributed by atoms with Gasteiger partial charge in [0.25, 0.3) is 0 Å². The molecule has 0 saturated heterocycles. The van der Waals surface area contributed by atoms with Crippen LogP contribution < -0.4 is 4.74 Å². The van der Waals surface area contributed by atoms with Gasteiger partial charge >= 0.3 is 5.97 Å². The molecule has 1 fully saturated rings. The number of ether oxygens (including phenoxy) is 1. The van der Waals surface area contributed by atoms with Crippen LogP contribution in [0.2, 0.25) is 0 Å². The zero-order valence-corrected chi connectivity index (χ0v) is 12.4. The number of aliphatic carboxylic acids is 1. The minimum atomic E-state index is -0.766. The van der Waals surface area contributed by atoms with Crippen LogP contribution in [0.1, 0.15) is 25.7 Å². The first-order valence-electron chi connectivity index (χ1n) is 6.75. The average Bonchev–Trinajstić information content (AvgIpc) is 2.46. The maximum absolute atomic E-state index is 10.9. The fraction of sp³-hybridized carbons (Fsp3) is 0.533. The molecule has 20 heavy (non-hydrogen) atoms. The van der Waals surface area contributed by atoms with E-state index in [9.17, 15) is 9.90 Å². The Bertz CT molecular complexity index is 467. The van der Waals surface area contributed by atoms with Crippen molar-refractivity contribution in [2.75, 3.05) is 12.9 Å². The van der Waals surface area contributed by atoms with Gasteiger partial charge in [0, 0.05) is 10.6 Å². The summed E-state index contributed by atoms with van der Waals surface area (Å²) >= 11 is 1.56. The van der Waals surface area contributed by atoms with E-state index in [0.29, 0.717) is 31.4 Å². The van der Waals surface area contributed by atoms with Crippen molar-refractivity contribution < 1.29 is 19.7 Å². The Morgan fingerprint density at radius 1 is 1.40 bits per heavy atom. The highest BCUT2D eigenvalue weighted by Gasteiger charge is 2.35. The minimum absolute atomic E-state index is 0.300. The van der Waals surface area contributed by atoms with Crippen molar-refractivity contribution in [3.63, 3.8) is 0 Å². The largest absolute Gasteiger partial charge is 0.496 e. The van der Waals surface area contributed by atoms with E-state index in [2.05, 4.69) is 0 Å². The fourth-order valence-corrected chi connectivity index (χ4v) is 3.68. The van der Waals surface area contributed by atoms with Gasteiger partial charge in [0.1, 0.15) is 5.75 Å². The number of thioether (sulfide) groups is 1. The van der Waals surface area contributed by atoms with Crippen LogP contribution in [0.3, 0.4) is 0 Å². The van der Waals surface area contributed by atoms with Crippen molar-refractivity contribution in [3.05, 3.63) is 24.3 Å². The van der Waals surface area contributed by atoms with E-state index in [0.717, 1.165) is 10.6 Å². The summed E-state index contributed by atoms with van der Waals surface area (Å²) in [6, 6.07) is 7.72. The van der Waals surface area contributed by atoms with Gasteiger partial charge in [-0.15, -0.1) is 11.8 Å². The average molecular weight is 296 g/mol. The zero-order valence-electron chi connectivity index (χ0n) is 11.5. The number of carboxylic acid groups (broad SMARTS) is 1. The topological polar surface area (TPSA) is 66.8 Å². The maximum Gasteiger partial charge on any atom is 0.306 e. The maximum atomic E-state index is 10.9. The number of aliphatic hydroxyl groups is 1. The summed E-state index contributed by atoms with van der Waals surface area (Å²) in [7, 11) is 1.63. The SMILES string of the molecule is COc1ccccc1SCC1(O)CCC(C(=O)O)CC1. The molecule has 110 valence electrons. The predicted molar refractivity (Wildman–Crippen MR) is 78.3 cm³/mol. The molecule has 1 aliphatic carbocycles. The number of hydrogen-bond acceptors (Lipinski definition) is 4. The molecule has 1 aromatic carbocycles. The molecule has 1 aromatic rings. The summed E-state index contributed by atoms with van der Waals surface area (Å²) in [6.45, 7) is 0. The molecule has 0 aliphatic heterocycles. The molecule has 2 N–H and O–H groups in total. The first-order valence-corrected chi connectivity index (χ1v) is 7.74. The highest BCUT2D eigenvalue weighted by molar-refractivity contribution is 7.99. The smallest absolute Gasteiger partial charge is 0.306 e. The summed E-state index contributed by atoms with van der Waals surface area (Å²) in [4.78, 5) is 11.9. The van der Waals surface area contributed by atoms with E-state index in [1.807, 2.05) is 24.3 Å². The van der Waals surface area contributed by atoms with Gasteiger partial charge < -0.3 is 14.9 Å². The second kappa shape index (κ2) is 6.50. The molecule has 1 aliphatic rings. The van der Waals surface area contributed by atoms with Crippen LogP contribution in [-0.4, -0.2) is 34.6 Å². The number of benzene rings is 1. The second-order valence-electron chi connectivity index (χ2n) is 5.28. The Balaban J connectivity index is 1.92. The summed E-state index contributed by atoms with van der Waals surface area (Å²) < 4.78 is 5.29. The summed E-state index contributed by atoms with van der Waals surface area (Å²) in [6.07, 6.45) is 2.20. The molecule has 0 spiro atoms. The van der Waals surface area contributed by atoms with E-state index >= 15 is 0 Å². The number of methoxy groups -OCH3 is 1. The lowest BCUT2D eigenvalue weighted by Gasteiger charge is -2.34. The molecular weight excluding hydrogens is 276 g/mol. The van der Waals surface area contributed by atoms with Crippen LogP contribution in [-0.2, 0) is 4.79 Å². The first-order chi connectivity index (χ1) is 9.54.